The van der Waals surface area contributed by atoms with Crippen molar-refractivity contribution in [1.29, 1.82) is 0 Å². The van der Waals surface area contributed by atoms with Gasteiger partial charge in [-0.1, -0.05) is 35.3 Å². The number of benzene rings is 2. The van der Waals surface area contributed by atoms with Gasteiger partial charge in [-0.05, 0) is 67.1 Å². The number of hydrogen-bond donors (Lipinski definition) is 0. The van der Waals surface area contributed by atoms with E-state index >= 15 is 0 Å². The normalized spacial score (nSPS) is 14.7. The molecule has 1 saturated heterocycles. The van der Waals surface area contributed by atoms with Crippen molar-refractivity contribution in [3.63, 3.8) is 0 Å². The van der Waals surface area contributed by atoms with E-state index in [2.05, 4.69) is 0 Å². The zero-order valence-corrected chi connectivity index (χ0v) is 20.3. The van der Waals surface area contributed by atoms with Crippen LogP contribution in [0.25, 0.3) is 6.08 Å². The van der Waals surface area contributed by atoms with Gasteiger partial charge in [0, 0.05) is 0 Å². The minimum atomic E-state index is -0.636. The van der Waals surface area contributed by atoms with Crippen molar-refractivity contribution in [2.45, 2.75) is 20.5 Å². The number of amides is 2. The van der Waals surface area contributed by atoms with E-state index in [1.54, 1.807) is 43.3 Å². The van der Waals surface area contributed by atoms with Gasteiger partial charge < -0.3 is 14.2 Å². The first-order chi connectivity index (χ1) is 15.8. The molecule has 3 rings (SSSR count). The summed E-state index contributed by atoms with van der Waals surface area (Å²) in [6.45, 7) is 3.91. The third-order valence-corrected chi connectivity index (χ3v) is 6.06. The van der Waals surface area contributed by atoms with Crippen LogP contribution in [-0.2, 0) is 20.9 Å². The number of rotatable bonds is 9. The molecule has 2 amide bonds. The van der Waals surface area contributed by atoms with E-state index in [0.29, 0.717) is 33.7 Å². The number of esters is 1. The summed E-state index contributed by atoms with van der Waals surface area (Å²) in [6, 6.07) is 10.4. The number of carbonyl (C=O) groups is 3. The zero-order chi connectivity index (χ0) is 24.0. The maximum atomic E-state index is 12.6. The third-order valence-electron chi connectivity index (χ3n) is 4.41. The van der Waals surface area contributed by atoms with Crippen LogP contribution in [0.1, 0.15) is 25.0 Å². The highest BCUT2D eigenvalue weighted by molar-refractivity contribution is 8.18. The van der Waals surface area contributed by atoms with Gasteiger partial charge in [-0.15, -0.1) is 0 Å². The Hall–Kier alpha value is -2.68. The second kappa shape index (κ2) is 11.4. The molecule has 0 saturated carbocycles. The summed E-state index contributed by atoms with van der Waals surface area (Å²) in [7, 11) is 0. The predicted octanol–water partition coefficient (Wildman–Crippen LogP) is 5.57. The average Bonchev–Trinajstić information content (AvgIpc) is 3.03. The molecule has 33 heavy (non-hydrogen) atoms. The summed E-state index contributed by atoms with van der Waals surface area (Å²) in [5, 5.41) is 0.382. The fourth-order valence-corrected chi connectivity index (χ4v) is 4.07. The van der Waals surface area contributed by atoms with E-state index in [1.807, 2.05) is 13.0 Å². The lowest BCUT2D eigenvalue weighted by molar-refractivity contribution is -0.145. The molecule has 0 unspecified atom stereocenters. The SMILES string of the molecule is CCOC(=O)CN1C(=O)S/C(=C/c2ccc(OCc3ccc(Cl)c(Cl)c3)c(OCC)c2)C1=O. The van der Waals surface area contributed by atoms with Crippen LogP contribution in [0.5, 0.6) is 11.5 Å². The highest BCUT2D eigenvalue weighted by atomic mass is 35.5. The molecule has 174 valence electrons. The maximum Gasteiger partial charge on any atom is 0.326 e. The number of halogens is 2. The number of hydrogen-bond acceptors (Lipinski definition) is 7. The van der Waals surface area contributed by atoms with E-state index in [9.17, 15) is 14.4 Å². The molecule has 0 atom stereocenters. The number of ether oxygens (including phenoxy) is 3. The molecule has 2 aromatic carbocycles. The Morgan fingerprint density at radius 2 is 1.79 bits per heavy atom. The highest BCUT2D eigenvalue weighted by Crippen LogP contribution is 2.35. The number of nitrogens with zero attached hydrogens (tertiary/aromatic N) is 1. The first kappa shape index (κ1) is 25.0. The fraction of sp³-hybridized carbons (Fsp3) is 0.261. The van der Waals surface area contributed by atoms with Crippen molar-refractivity contribution in [2.75, 3.05) is 19.8 Å². The van der Waals surface area contributed by atoms with E-state index in [4.69, 9.17) is 37.4 Å². The lowest BCUT2D eigenvalue weighted by atomic mass is 10.1. The predicted molar refractivity (Wildman–Crippen MR) is 128 cm³/mol. The number of imide groups is 1. The van der Waals surface area contributed by atoms with Crippen molar-refractivity contribution >= 4 is 58.2 Å². The molecule has 2 aromatic rings. The largest absolute Gasteiger partial charge is 0.490 e. The molecule has 10 heteroatoms. The topological polar surface area (TPSA) is 82.1 Å². The van der Waals surface area contributed by atoms with Gasteiger partial charge in [0.1, 0.15) is 13.2 Å². The molecule has 0 radical (unpaired) electrons. The molecule has 1 aliphatic heterocycles. The summed E-state index contributed by atoms with van der Waals surface area (Å²) in [5.74, 6) is -0.188. The summed E-state index contributed by atoms with van der Waals surface area (Å²) < 4.78 is 16.4. The van der Waals surface area contributed by atoms with E-state index in [-0.39, 0.29) is 18.1 Å². The van der Waals surface area contributed by atoms with Crippen molar-refractivity contribution in [3.8, 4) is 11.5 Å². The molecule has 0 spiro atoms. The first-order valence-electron chi connectivity index (χ1n) is 10.1. The maximum absolute atomic E-state index is 12.6. The van der Waals surface area contributed by atoms with Crippen molar-refractivity contribution in [2.24, 2.45) is 0 Å². The van der Waals surface area contributed by atoms with Crippen LogP contribution in [0.15, 0.2) is 41.3 Å². The van der Waals surface area contributed by atoms with Crippen LogP contribution in [0.2, 0.25) is 10.0 Å². The fourth-order valence-electron chi connectivity index (χ4n) is 2.92. The van der Waals surface area contributed by atoms with Crippen LogP contribution < -0.4 is 9.47 Å². The van der Waals surface area contributed by atoms with Gasteiger partial charge in [-0.25, -0.2) is 0 Å². The minimum Gasteiger partial charge on any atom is -0.490 e. The van der Waals surface area contributed by atoms with Gasteiger partial charge in [0.2, 0.25) is 0 Å². The minimum absolute atomic E-state index is 0.171. The summed E-state index contributed by atoms with van der Waals surface area (Å²) in [6.07, 6.45) is 1.57. The molecule has 1 heterocycles. The molecule has 1 aliphatic rings. The quantitative estimate of drug-likeness (QED) is 0.322. The molecular formula is C23H21Cl2NO6S. The van der Waals surface area contributed by atoms with Crippen molar-refractivity contribution in [1.82, 2.24) is 4.90 Å². The monoisotopic (exact) mass is 509 g/mol. The summed E-state index contributed by atoms with van der Waals surface area (Å²) in [4.78, 5) is 37.5. The van der Waals surface area contributed by atoms with E-state index < -0.39 is 23.7 Å². The molecule has 1 fully saturated rings. The number of carbonyl (C=O) groups excluding carboxylic acids is 3. The smallest absolute Gasteiger partial charge is 0.326 e. The second-order valence-corrected chi connectivity index (χ2v) is 8.56. The Bertz CT molecular complexity index is 1100. The van der Waals surface area contributed by atoms with Gasteiger partial charge in [0.25, 0.3) is 11.1 Å². The standard InChI is InChI=1S/C23H21Cl2NO6S/c1-3-30-19-10-14(6-8-18(19)32-13-15-5-7-16(24)17(25)9-15)11-20-22(28)26(23(29)33-20)12-21(27)31-4-2/h5-11H,3-4,12-13H2,1-2H3/b20-11+. The van der Waals surface area contributed by atoms with Gasteiger partial charge in [0.05, 0.1) is 28.2 Å². The average molecular weight is 510 g/mol. The first-order valence-corrected chi connectivity index (χ1v) is 11.6. The van der Waals surface area contributed by atoms with Crippen LogP contribution in [-0.4, -0.2) is 41.8 Å². The Morgan fingerprint density at radius 1 is 1.00 bits per heavy atom. The Balaban J connectivity index is 1.76. The summed E-state index contributed by atoms with van der Waals surface area (Å²) in [5.41, 5.74) is 1.48. The van der Waals surface area contributed by atoms with Crippen molar-refractivity contribution < 1.29 is 28.6 Å². The Labute approximate surface area is 205 Å². The molecule has 0 bridgehead atoms. The van der Waals surface area contributed by atoms with E-state index in [1.165, 1.54) is 0 Å². The van der Waals surface area contributed by atoms with Crippen LogP contribution in [0.3, 0.4) is 0 Å². The molecule has 0 aliphatic carbocycles. The van der Waals surface area contributed by atoms with Gasteiger partial charge >= 0.3 is 5.97 Å². The Kier molecular flexibility index (Phi) is 8.66. The van der Waals surface area contributed by atoms with Crippen LogP contribution in [0, 0.1) is 0 Å². The number of thioether (sulfide) groups is 1. The molecule has 0 aromatic heterocycles. The zero-order valence-electron chi connectivity index (χ0n) is 17.9. The third kappa shape index (κ3) is 6.43. The highest BCUT2D eigenvalue weighted by Gasteiger charge is 2.36. The van der Waals surface area contributed by atoms with E-state index in [0.717, 1.165) is 22.2 Å². The van der Waals surface area contributed by atoms with Crippen molar-refractivity contribution in [3.05, 3.63) is 62.5 Å². The Morgan fingerprint density at radius 3 is 2.48 bits per heavy atom. The van der Waals surface area contributed by atoms with Gasteiger partial charge in [-0.2, -0.15) is 0 Å². The summed E-state index contributed by atoms with van der Waals surface area (Å²) >= 11 is 12.8. The van der Waals surface area contributed by atoms with Gasteiger partial charge in [-0.3, -0.25) is 19.3 Å². The molecular weight excluding hydrogens is 489 g/mol. The van der Waals surface area contributed by atoms with Gasteiger partial charge in [0.15, 0.2) is 11.5 Å². The lowest BCUT2D eigenvalue weighted by Crippen LogP contribution is -2.34. The molecule has 0 N–H and O–H groups in total. The van der Waals surface area contributed by atoms with Crippen LogP contribution >= 0.6 is 35.0 Å². The molecule has 7 nitrogen and oxygen atoms in total. The second-order valence-electron chi connectivity index (χ2n) is 6.75. The van der Waals surface area contributed by atoms with Crippen LogP contribution in [0.4, 0.5) is 4.79 Å². The lowest BCUT2D eigenvalue weighted by Gasteiger charge is -2.13.